The molecular formula is C14H20N2O3. The molecular weight excluding hydrogens is 244 g/mol. The van der Waals surface area contributed by atoms with Crippen molar-refractivity contribution in [2.45, 2.75) is 32.9 Å². The predicted octanol–water partition coefficient (Wildman–Crippen LogP) is 1.39. The first kappa shape index (κ1) is 15.2. The van der Waals surface area contributed by atoms with Crippen LogP contribution in [0.1, 0.15) is 36.2 Å². The summed E-state index contributed by atoms with van der Waals surface area (Å²) in [7, 11) is 0. The maximum absolute atomic E-state index is 11.7. The molecule has 5 nitrogen and oxygen atoms in total. The topological polar surface area (TPSA) is 78.4 Å². The number of carbonyl (C=O) groups excluding carboxylic acids is 1. The Hall–Kier alpha value is -1.88. The minimum atomic E-state index is -0.964. The molecule has 0 radical (unpaired) electrons. The summed E-state index contributed by atoms with van der Waals surface area (Å²) in [5, 5.41) is 14.8. The van der Waals surface area contributed by atoms with E-state index in [2.05, 4.69) is 10.6 Å². The van der Waals surface area contributed by atoms with Gasteiger partial charge in [0.2, 0.25) is 5.91 Å². The van der Waals surface area contributed by atoms with Crippen LogP contribution in [-0.4, -0.2) is 29.6 Å². The molecule has 3 N–H and O–H groups in total. The number of aromatic carboxylic acids is 1. The van der Waals surface area contributed by atoms with E-state index < -0.39 is 5.97 Å². The first-order chi connectivity index (χ1) is 9.02. The third kappa shape index (κ3) is 5.52. The van der Waals surface area contributed by atoms with Crippen LogP contribution in [-0.2, 0) is 11.3 Å². The van der Waals surface area contributed by atoms with Crippen molar-refractivity contribution in [1.29, 1.82) is 0 Å². The van der Waals surface area contributed by atoms with Gasteiger partial charge < -0.3 is 15.7 Å². The molecule has 1 rings (SSSR count). The quantitative estimate of drug-likeness (QED) is 0.695. The van der Waals surface area contributed by atoms with Gasteiger partial charge in [-0.25, -0.2) is 4.79 Å². The van der Waals surface area contributed by atoms with Crippen LogP contribution < -0.4 is 10.6 Å². The molecule has 1 aromatic rings. The maximum Gasteiger partial charge on any atom is 0.335 e. The SMILES string of the molecule is CCNC(C)CC(=O)NCc1cccc(C(=O)O)c1. The van der Waals surface area contributed by atoms with Crippen LogP contribution in [0.4, 0.5) is 0 Å². The summed E-state index contributed by atoms with van der Waals surface area (Å²) in [5.74, 6) is -1.01. The van der Waals surface area contributed by atoms with Crippen molar-refractivity contribution in [3.63, 3.8) is 0 Å². The number of rotatable bonds is 7. The van der Waals surface area contributed by atoms with E-state index in [9.17, 15) is 9.59 Å². The standard InChI is InChI=1S/C14H20N2O3/c1-3-15-10(2)7-13(17)16-9-11-5-4-6-12(8-11)14(18)19/h4-6,8,10,15H,3,7,9H2,1-2H3,(H,16,17)(H,18,19). The Morgan fingerprint density at radius 2 is 2.11 bits per heavy atom. The van der Waals surface area contributed by atoms with Crippen molar-refractivity contribution < 1.29 is 14.7 Å². The van der Waals surface area contributed by atoms with Crippen molar-refractivity contribution in [3.8, 4) is 0 Å². The molecule has 0 aliphatic heterocycles. The molecule has 0 heterocycles. The van der Waals surface area contributed by atoms with Gasteiger partial charge >= 0.3 is 5.97 Å². The second-order valence-corrected chi connectivity index (χ2v) is 4.45. The average molecular weight is 264 g/mol. The second kappa shape index (κ2) is 7.53. The maximum atomic E-state index is 11.7. The van der Waals surface area contributed by atoms with Crippen molar-refractivity contribution in [2.24, 2.45) is 0 Å². The summed E-state index contributed by atoms with van der Waals surface area (Å²) in [5.41, 5.74) is 1.01. The number of nitrogens with one attached hydrogen (secondary N) is 2. The lowest BCUT2D eigenvalue weighted by molar-refractivity contribution is -0.121. The lowest BCUT2D eigenvalue weighted by atomic mass is 10.1. The molecule has 0 saturated heterocycles. The lowest BCUT2D eigenvalue weighted by Gasteiger charge is -2.12. The van der Waals surface area contributed by atoms with Gasteiger partial charge in [0.25, 0.3) is 0 Å². The van der Waals surface area contributed by atoms with Crippen LogP contribution in [0.2, 0.25) is 0 Å². The van der Waals surface area contributed by atoms with Crippen molar-refractivity contribution >= 4 is 11.9 Å². The van der Waals surface area contributed by atoms with Crippen LogP contribution in [0.5, 0.6) is 0 Å². The summed E-state index contributed by atoms with van der Waals surface area (Å²) in [6.07, 6.45) is 0.409. The molecule has 104 valence electrons. The van der Waals surface area contributed by atoms with Gasteiger partial charge in [-0.15, -0.1) is 0 Å². The van der Waals surface area contributed by atoms with Gasteiger partial charge in [-0.1, -0.05) is 19.1 Å². The number of amides is 1. The normalized spacial score (nSPS) is 11.9. The van der Waals surface area contributed by atoms with E-state index >= 15 is 0 Å². The van der Waals surface area contributed by atoms with Gasteiger partial charge in [0.05, 0.1) is 5.56 Å². The van der Waals surface area contributed by atoms with Gasteiger partial charge in [0.15, 0.2) is 0 Å². The minimum Gasteiger partial charge on any atom is -0.478 e. The Bertz CT molecular complexity index is 446. The fourth-order valence-corrected chi connectivity index (χ4v) is 1.79. The first-order valence-electron chi connectivity index (χ1n) is 6.35. The van der Waals surface area contributed by atoms with Crippen molar-refractivity contribution in [1.82, 2.24) is 10.6 Å². The Labute approximate surface area is 113 Å². The highest BCUT2D eigenvalue weighted by Gasteiger charge is 2.08. The van der Waals surface area contributed by atoms with Gasteiger partial charge in [0, 0.05) is 19.0 Å². The summed E-state index contributed by atoms with van der Waals surface area (Å²) in [4.78, 5) is 22.5. The number of carboxylic acids is 1. The molecule has 0 aromatic heterocycles. The summed E-state index contributed by atoms with van der Waals surface area (Å²) >= 11 is 0. The number of benzene rings is 1. The van der Waals surface area contributed by atoms with Gasteiger partial charge in [-0.05, 0) is 31.2 Å². The third-order valence-electron chi connectivity index (χ3n) is 2.71. The zero-order chi connectivity index (χ0) is 14.3. The molecule has 1 amide bonds. The van der Waals surface area contributed by atoms with Gasteiger partial charge in [-0.3, -0.25) is 4.79 Å². The summed E-state index contributed by atoms with van der Waals surface area (Å²) in [6, 6.07) is 6.69. The fraction of sp³-hybridized carbons (Fsp3) is 0.429. The number of hydrogen-bond donors (Lipinski definition) is 3. The zero-order valence-electron chi connectivity index (χ0n) is 11.3. The number of hydrogen-bond acceptors (Lipinski definition) is 3. The van der Waals surface area contributed by atoms with E-state index in [1.54, 1.807) is 18.2 Å². The van der Waals surface area contributed by atoms with Crippen LogP contribution in [0.15, 0.2) is 24.3 Å². The second-order valence-electron chi connectivity index (χ2n) is 4.45. The molecule has 0 saturated carbocycles. The zero-order valence-corrected chi connectivity index (χ0v) is 11.3. The van der Waals surface area contributed by atoms with Crippen LogP contribution >= 0.6 is 0 Å². The summed E-state index contributed by atoms with van der Waals surface area (Å²) < 4.78 is 0. The Kier molecular flexibility index (Phi) is 6.02. The largest absolute Gasteiger partial charge is 0.478 e. The van der Waals surface area contributed by atoms with E-state index in [0.717, 1.165) is 12.1 Å². The Balaban J connectivity index is 2.46. The number of carboxylic acid groups (broad SMARTS) is 1. The molecule has 0 aliphatic carbocycles. The Morgan fingerprint density at radius 1 is 1.37 bits per heavy atom. The molecule has 0 spiro atoms. The van der Waals surface area contributed by atoms with E-state index in [-0.39, 0.29) is 17.5 Å². The van der Waals surface area contributed by atoms with E-state index in [1.165, 1.54) is 6.07 Å². The summed E-state index contributed by atoms with van der Waals surface area (Å²) in [6.45, 7) is 5.12. The number of carbonyl (C=O) groups is 2. The minimum absolute atomic E-state index is 0.0471. The Morgan fingerprint density at radius 3 is 2.74 bits per heavy atom. The van der Waals surface area contributed by atoms with Gasteiger partial charge in [0.1, 0.15) is 0 Å². The molecule has 0 fully saturated rings. The molecule has 1 unspecified atom stereocenters. The van der Waals surface area contributed by atoms with Crippen LogP contribution in [0.25, 0.3) is 0 Å². The van der Waals surface area contributed by atoms with Crippen molar-refractivity contribution in [3.05, 3.63) is 35.4 Å². The first-order valence-corrected chi connectivity index (χ1v) is 6.35. The fourth-order valence-electron chi connectivity index (χ4n) is 1.79. The van der Waals surface area contributed by atoms with Crippen LogP contribution in [0.3, 0.4) is 0 Å². The third-order valence-corrected chi connectivity index (χ3v) is 2.71. The molecule has 1 atom stereocenters. The van der Waals surface area contributed by atoms with Crippen LogP contribution in [0, 0.1) is 0 Å². The molecule has 0 aliphatic rings. The smallest absolute Gasteiger partial charge is 0.335 e. The predicted molar refractivity (Wildman–Crippen MR) is 73.0 cm³/mol. The van der Waals surface area contributed by atoms with E-state index in [4.69, 9.17) is 5.11 Å². The monoisotopic (exact) mass is 264 g/mol. The highest BCUT2D eigenvalue weighted by molar-refractivity contribution is 5.87. The average Bonchev–Trinajstić information content (AvgIpc) is 2.37. The molecule has 19 heavy (non-hydrogen) atoms. The molecule has 5 heteroatoms. The molecule has 1 aromatic carbocycles. The highest BCUT2D eigenvalue weighted by atomic mass is 16.4. The van der Waals surface area contributed by atoms with Crippen molar-refractivity contribution in [2.75, 3.05) is 6.54 Å². The lowest BCUT2D eigenvalue weighted by Crippen LogP contribution is -2.33. The highest BCUT2D eigenvalue weighted by Crippen LogP contribution is 2.05. The van der Waals surface area contributed by atoms with Gasteiger partial charge in [-0.2, -0.15) is 0 Å². The van der Waals surface area contributed by atoms with E-state index in [1.807, 2.05) is 13.8 Å². The molecule has 0 bridgehead atoms. The van der Waals surface area contributed by atoms with E-state index in [0.29, 0.717) is 13.0 Å².